The lowest BCUT2D eigenvalue weighted by Crippen LogP contribution is -2.49. The van der Waals surface area contributed by atoms with Crippen LogP contribution in [0.15, 0.2) is 42.5 Å². The van der Waals surface area contributed by atoms with Crippen molar-refractivity contribution in [2.45, 2.75) is 52.7 Å². The first kappa shape index (κ1) is 19.2. The Morgan fingerprint density at radius 1 is 1.11 bits per heavy atom. The average molecular weight is 378 g/mol. The predicted molar refractivity (Wildman–Crippen MR) is 113 cm³/mol. The second-order valence-electron chi connectivity index (χ2n) is 9.16. The van der Waals surface area contributed by atoms with Gasteiger partial charge >= 0.3 is 0 Å². The fourth-order valence-electron chi connectivity index (χ4n) is 4.98. The molecule has 0 unspecified atom stereocenters. The second kappa shape index (κ2) is 7.04. The normalized spacial score (nSPS) is 24.4. The Kier molecular flexibility index (Phi) is 4.83. The number of carbonyl (C=O) groups is 1. The Labute approximate surface area is 168 Å². The van der Waals surface area contributed by atoms with Gasteiger partial charge in [-0.1, -0.05) is 70.2 Å². The Morgan fingerprint density at radius 2 is 1.82 bits per heavy atom. The number of carbonyl (C=O) groups excluding carboxylic acids is 1. The largest absolute Gasteiger partial charge is 0.476 e. The van der Waals surface area contributed by atoms with E-state index >= 15 is 0 Å². The minimum Gasteiger partial charge on any atom is -0.476 e. The van der Waals surface area contributed by atoms with Gasteiger partial charge in [0.25, 0.3) is 0 Å². The molecular formula is C25H31NO2. The number of Topliss-reactive ketones (excluding diaryl/α,β-unsaturated/α-hetero) is 1. The molecule has 0 bridgehead atoms. The van der Waals surface area contributed by atoms with Gasteiger partial charge < -0.3 is 4.74 Å². The molecule has 0 radical (unpaired) electrons. The maximum Gasteiger partial charge on any atom is 0.212 e. The number of ether oxygens (including phenoxy) is 1. The monoisotopic (exact) mass is 377 g/mol. The summed E-state index contributed by atoms with van der Waals surface area (Å²) in [7, 11) is 0. The van der Waals surface area contributed by atoms with Crippen molar-refractivity contribution in [2.75, 3.05) is 13.1 Å². The summed E-state index contributed by atoms with van der Waals surface area (Å²) in [6.45, 7) is 13.2. The first-order chi connectivity index (χ1) is 13.3. The van der Waals surface area contributed by atoms with Crippen LogP contribution in [0.25, 0.3) is 0 Å². The van der Waals surface area contributed by atoms with E-state index in [0.29, 0.717) is 18.4 Å². The van der Waals surface area contributed by atoms with Crippen molar-refractivity contribution in [3.05, 3.63) is 64.7 Å². The molecule has 0 amide bonds. The van der Waals surface area contributed by atoms with Crippen LogP contribution in [0.5, 0.6) is 5.75 Å². The zero-order chi connectivity index (χ0) is 20.1. The van der Waals surface area contributed by atoms with E-state index in [2.05, 4.69) is 69.0 Å². The predicted octanol–water partition coefficient (Wildman–Crippen LogP) is 5.22. The Morgan fingerprint density at radius 3 is 2.46 bits per heavy atom. The van der Waals surface area contributed by atoms with Crippen LogP contribution in [0, 0.1) is 18.8 Å². The summed E-state index contributed by atoms with van der Waals surface area (Å²) in [5.74, 6) is 1.93. The third kappa shape index (κ3) is 2.97. The van der Waals surface area contributed by atoms with Crippen molar-refractivity contribution < 1.29 is 9.53 Å². The summed E-state index contributed by atoms with van der Waals surface area (Å²) in [6, 6.07) is 14.7. The van der Waals surface area contributed by atoms with Gasteiger partial charge in [0.1, 0.15) is 5.75 Å². The molecule has 0 saturated carbocycles. The van der Waals surface area contributed by atoms with E-state index in [9.17, 15) is 4.79 Å². The molecule has 2 aliphatic heterocycles. The van der Waals surface area contributed by atoms with Crippen LogP contribution < -0.4 is 4.74 Å². The number of likely N-dealkylation sites (tertiary alicyclic amines) is 1. The van der Waals surface area contributed by atoms with E-state index in [1.165, 1.54) is 5.56 Å². The average Bonchev–Trinajstić information content (AvgIpc) is 3.15. The van der Waals surface area contributed by atoms with E-state index in [4.69, 9.17) is 4.74 Å². The van der Waals surface area contributed by atoms with Crippen molar-refractivity contribution in [3.8, 4) is 5.75 Å². The van der Waals surface area contributed by atoms with Gasteiger partial charge in [0.2, 0.25) is 5.78 Å². The van der Waals surface area contributed by atoms with Gasteiger partial charge in [-0.15, -0.1) is 0 Å². The minimum absolute atomic E-state index is 0.190. The molecule has 0 N–H and O–H groups in total. The van der Waals surface area contributed by atoms with Crippen molar-refractivity contribution in [2.24, 2.45) is 11.8 Å². The molecule has 0 aliphatic carbocycles. The molecule has 0 aromatic heterocycles. The van der Waals surface area contributed by atoms with E-state index in [1.807, 2.05) is 13.0 Å². The number of ketones is 1. The maximum atomic E-state index is 13.8. The van der Waals surface area contributed by atoms with Crippen LogP contribution >= 0.6 is 0 Å². The number of fused-ring (bicyclic) bond motifs is 1. The summed E-state index contributed by atoms with van der Waals surface area (Å²) in [4.78, 5) is 16.2. The number of aryl methyl sites for hydroxylation is 1. The molecular weight excluding hydrogens is 346 g/mol. The molecule has 148 valence electrons. The quantitative estimate of drug-likeness (QED) is 0.731. The van der Waals surface area contributed by atoms with Gasteiger partial charge in [0.05, 0.1) is 5.56 Å². The lowest BCUT2D eigenvalue weighted by molar-refractivity contribution is 0.0340. The number of benzene rings is 2. The van der Waals surface area contributed by atoms with Crippen LogP contribution in [0.1, 0.15) is 60.7 Å². The van der Waals surface area contributed by atoms with Crippen LogP contribution in [0.2, 0.25) is 0 Å². The van der Waals surface area contributed by atoms with Crippen molar-refractivity contribution in [1.82, 2.24) is 4.90 Å². The van der Waals surface area contributed by atoms with Crippen LogP contribution in [-0.2, 0) is 6.54 Å². The van der Waals surface area contributed by atoms with E-state index in [1.54, 1.807) is 0 Å². The highest BCUT2D eigenvalue weighted by Gasteiger charge is 2.59. The highest BCUT2D eigenvalue weighted by atomic mass is 16.5. The van der Waals surface area contributed by atoms with Gasteiger partial charge in [-0.05, 0) is 35.4 Å². The van der Waals surface area contributed by atoms with Crippen LogP contribution in [-0.4, -0.2) is 29.4 Å². The van der Waals surface area contributed by atoms with E-state index in [0.717, 1.165) is 35.5 Å². The third-order valence-corrected chi connectivity index (χ3v) is 6.48. The van der Waals surface area contributed by atoms with Gasteiger partial charge in [-0.3, -0.25) is 9.69 Å². The molecule has 28 heavy (non-hydrogen) atoms. The molecule has 2 aliphatic rings. The highest BCUT2D eigenvalue weighted by Crippen LogP contribution is 2.49. The summed E-state index contributed by atoms with van der Waals surface area (Å²) >= 11 is 0. The summed E-state index contributed by atoms with van der Waals surface area (Å²) in [5.41, 5.74) is 3.53. The second-order valence-corrected chi connectivity index (χ2v) is 9.16. The van der Waals surface area contributed by atoms with Gasteiger partial charge in [0, 0.05) is 25.6 Å². The number of nitrogens with zero attached hydrogens (tertiary/aromatic N) is 1. The van der Waals surface area contributed by atoms with Gasteiger partial charge in [-0.2, -0.15) is 0 Å². The van der Waals surface area contributed by atoms with Gasteiger partial charge in [0.15, 0.2) is 5.60 Å². The molecule has 2 aromatic rings. The van der Waals surface area contributed by atoms with Crippen LogP contribution in [0.3, 0.4) is 0 Å². The molecule has 2 heterocycles. The molecule has 2 aromatic carbocycles. The summed E-state index contributed by atoms with van der Waals surface area (Å²) in [5, 5.41) is 0. The number of hydrogen-bond acceptors (Lipinski definition) is 3. The van der Waals surface area contributed by atoms with Crippen molar-refractivity contribution >= 4 is 5.78 Å². The molecule has 1 fully saturated rings. The Balaban J connectivity index is 1.72. The van der Waals surface area contributed by atoms with Crippen molar-refractivity contribution in [1.29, 1.82) is 0 Å². The molecule has 4 rings (SSSR count). The maximum absolute atomic E-state index is 13.8. The zero-order valence-electron chi connectivity index (χ0n) is 17.7. The Hall–Kier alpha value is -2.13. The molecule has 2 atom stereocenters. The number of rotatable bonds is 4. The summed E-state index contributed by atoms with van der Waals surface area (Å²) in [6.07, 6.45) is 0. The first-order valence-electron chi connectivity index (χ1n) is 10.5. The fourth-order valence-corrected chi connectivity index (χ4v) is 4.98. The molecule has 3 heteroatoms. The molecule has 1 spiro atoms. The van der Waals surface area contributed by atoms with E-state index < -0.39 is 5.60 Å². The summed E-state index contributed by atoms with van der Waals surface area (Å²) < 4.78 is 6.69. The van der Waals surface area contributed by atoms with Gasteiger partial charge in [-0.25, -0.2) is 0 Å². The highest BCUT2D eigenvalue weighted by molar-refractivity contribution is 6.09. The lowest BCUT2D eigenvalue weighted by atomic mass is 9.78. The van der Waals surface area contributed by atoms with Crippen LogP contribution in [0.4, 0.5) is 0 Å². The van der Waals surface area contributed by atoms with E-state index in [-0.39, 0.29) is 11.7 Å². The third-order valence-electron chi connectivity index (χ3n) is 6.48. The lowest BCUT2D eigenvalue weighted by Gasteiger charge is -2.31. The number of hydrogen-bond donors (Lipinski definition) is 0. The zero-order valence-corrected chi connectivity index (χ0v) is 17.7. The SMILES string of the molecule is Cc1ccc(C(C)C)c2c1C(=O)[C@]1(CN(Cc3ccccc3)C[C@@H]1C(C)C)O2. The Bertz CT molecular complexity index is 887. The molecule has 3 nitrogen and oxygen atoms in total. The van der Waals surface area contributed by atoms with Crippen molar-refractivity contribution in [3.63, 3.8) is 0 Å². The fraction of sp³-hybridized carbons (Fsp3) is 0.480. The molecule has 1 saturated heterocycles. The smallest absolute Gasteiger partial charge is 0.212 e. The first-order valence-corrected chi connectivity index (χ1v) is 10.5. The topological polar surface area (TPSA) is 29.5 Å². The minimum atomic E-state index is -0.749. The standard InChI is InChI=1S/C25H31NO2/c1-16(2)20-12-11-18(5)22-23(20)28-25(24(22)27)15-26(14-21(25)17(3)4)13-19-9-7-6-8-10-19/h6-12,16-17,21H,13-15H2,1-5H3/t21-,25-/m1/s1.